The zero-order valence-corrected chi connectivity index (χ0v) is 5.13. The van der Waals surface area contributed by atoms with E-state index in [-0.39, 0.29) is 12.2 Å². The van der Waals surface area contributed by atoms with E-state index in [1.54, 1.807) is 0 Å². The summed E-state index contributed by atoms with van der Waals surface area (Å²) in [6.07, 6.45) is 1.77. The highest BCUT2D eigenvalue weighted by molar-refractivity contribution is 4.65. The third-order valence-electron chi connectivity index (χ3n) is 1.46. The van der Waals surface area contributed by atoms with Crippen molar-refractivity contribution in [3.05, 3.63) is 0 Å². The van der Waals surface area contributed by atoms with Gasteiger partial charge in [-0.25, -0.2) is 0 Å². The monoisotopic (exact) mass is 116 g/mol. The first kappa shape index (κ1) is 6.05. The van der Waals surface area contributed by atoms with Crippen molar-refractivity contribution in [2.45, 2.75) is 32.0 Å². The predicted molar refractivity (Wildman–Crippen MR) is 30.7 cm³/mol. The van der Waals surface area contributed by atoms with Gasteiger partial charge in [0.25, 0.3) is 0 Å². The van der Waals surface area contributed by atoms with E-state index in [9.17, 15) is 0 Å². The molecule has 48 valence electrons. The second kappa shape index (κ2) is 2.46. The van der Waals surface area contributed by atoms with Gasteiger partial charge in [-0.1, -0.05) is 0 Å². The summed E-state index contributed by atoms with van der Waals surface area (Å²) in [6.45, 7) is 2.71. The topological polar surface area (TPSA) is 29.5 Å². The van der Waals surface area contributed by atoms with Crippen LogP contribution in [-0.2, 0) is 4.74 Å². The summed E-state index contributed by atoms with van der Waals surface area (Å²) in [7, 11) is 0. The largest absolute Gasteiger partial charge is 0.393 e. The third-order valence-corrected chi connectivity index (χ3v) is 1.46. The standard InChI is InChI=1S/C6H12O2/c1-5-4-6(7)2-3-8-5/h5-7H,2-4H2,1H3/t5-,6-/m1/s1. The van der Waals surface area contributed by atoms with E-state index in [1.165, 1.54) is 0 Å². The van der Waals surface area contributed by atoms with Crippen LogP contribution in [0, 0.1) is 0 Å². The number of rotatable bonds is 0. The smallest absolute Gasteiger partial charge is 0.0586 e. The Morgan fingerprint density at radius 2 is 2.38 bits per heavy atom. The molecule has 8 heavy (non-hydrogen) atoms. The Morgan fingerprint density at radius 1 is 1.62 bits per heavy atom. The second-order valence-electron chi connectivity index (χ2n) is 2.36. The zero-order valence-electron chi connectivity index (χ0n) is 5.13. The molecule has 1 heterocycles. The maximum atomic E-state index is 9.00. The van der Waals surface area contributed by atoms with Crippen molar-refractivity contribution in [3.63, 3.8) is 0 Å². The van der Waals surface area contributed by atoms with Crippen molar-refractivity contribution in [3.8, 4) is 0 Å². The normalized spacial score (nSPS) is 39.8. The van der Waals surface area contributed by atoms with E-state index >= 15 is 0 Å². The molecule has 0 saturated carbocycles. The average molecular weight is 116 g/mol. The van der Waals surface area contributed by atoms with Gasteiger partial charge in [-0.3, -0.25) is 0 Å². The minimum atomic E-state index is -0.112. The van der Waals surface area contributed by atoms with E-state index < -0.39 is 0 Å². The Kier molecular flexibility index (Phi) is 1.86. The number of ether oxygens (including phenoxy) is 1. The Labute approximate surface area is 49.5 Å². The van der Waals surface area contributed by atoms with Gasteiger partial charge in [0.2, 0.25) is 0 Å². The first-order chi connectivity index (χ1) is 3.79. The molecule has 1 N–H and O–H groups in total. The molecule has 1 saturated heterocycles. The highest BCUT2D eigenvalue weighted by Gasteiger charge is 2.15. The number of hydrogen-bond donors (Lipinski definition) is 1. The summed E-state index contributed by atoms with van der Waals surface area (Å²) in [4.78, 5) is 0. The van der Waals surface area contributed by atoms with Gasteiger partial charge in [0.15, 0.2) is 0 Å². The molecule has 0 unspecified atom stereocenters. The third kappa shape index (κ3) is 1.46. The van der Waals surface area contributed by atoms with Crippen molar-refractivity contribution in [1.82, 2.24) is 0 Å². The molecule has 0 aromatic carbocycles. The zero-order chi connectivity index (χ0) is 5.98. The van der Waals surface area contributed by atoms with Crippen LogP contribution in [0.25, 0.3) is 0 Å². The molecular formula is C6H12O2. The van der Waals surface area contributed by atoms with Gasteiger partial charge in [-0.15, -0.1) is 0 Å². The Morgan fingerprint density at radius 3 is 2.75 bits per heavy atom. The van der Waals surface area contributed by atoms with Gasteiger partial charge in [0, 0.05) is 6.61 Å². The van der Waals surface area contributed by atoms with Crippen molar-refractivity contribution >= 4 is 0 Å². The number of aliphatic hydroxyl groups excluding tert-OH is 1. The minimum absolute atomic E-state index is 0.112. The van der Waals surface area contributed by atoms with Gasteiger partial charge in [0.05, 0.1) is 12.2 Å². The molecule has 1 rings (SSSR count). The molecule has 0 bridgehead atoms. The van der Waals surface area contributed by atoms with Crippen LogP contribution in [0.4, 0.5) is 0 Å². The Hall–Kier alpha value is -0.0800. The Bertz CT molecular complexity index is 64.9. The van der Waals surface area contributed by atoms with E-state index in [0.717, 1.165) is 19.4 Å². The molecular weight excluding hydrogens is 104 g/mol. The van der Waals surface area contributed by atoms with Gasteiger partial charge < -0.3 is 9.84 Å². The number of hydrogen-bond acceptors (Lipinski definition) is 2. The van der Waals surface area contributed by atoms with Crippen molar-refractivity contribution in [2.24, 2.45) is 0 Å². The van der Waals surface area contributed by atoms with Crippen LogP contribution in [0.3, 0.4) is 0 Å². The molecule has 2 heteroatoms. The molecule has 0 aromatic heterocycles. The average Bonchev–Trinajstić information content (AvgIpc) is 1.64. The summed E-state index contributed by atoms with van der Waals surface area (Å²) in [5.74, 6) is 0. The first-order valence-corrected chi connectivity index (χ1v) is 3.08. The number of aliphatic hydroxyl groups is 1. The molecule has 0 spiro atoms. The molecule has 2 nitrogen and oxygen atoms in total. The predicted octanol–water partition coefficient (Wildman–Crippen LogP) is 0.546. The molecule has 2 atom stereocenters. The fraction of sp³-hybridized carbons (Fsp3) is 1.00. The van der Waals surface area contributed by atoms with E-state index in [4.69, 9.17) is 9.84 Å². The molecule has 0 aliphatic carbocycles. The van der Waals surface area contributed by atoms with E-state index in [2.05, 4.69) is 0 Å². The van der Waals surface area contributed by atoms with Crippen LogP contribution in [-0.4, -0.2) is 23.9 Å². The van der Waals surface area contributed by atoms with Gasteiger partial charge in [-0.05, 0) is 19.8 Å². The van der Waals surface area contributed by atoms with Crippen molar-refractivity contribution < 1.29 is 9.84 Å². The highest BCUT2D eigenvalue weighted by Crippen LogP contribution is 2.11. The lowest BCUT2D eigenvalue weighted by atomic mass is 10.1. The Balaban J connectivity index is 2.23. The maximum absolute atomic E-state index is 9.00. The first-order valence-electron chi connectivity index (χ1n) is 3.08. The lowest BCUT2D eigenvalue weighted by Gasteiger charge is -2.22. The van der Waals surface area contributed by atoms with Crippen molar-refractivity contribution in [1.29, 1.82) is 0 Å². The maximum Gasteiger partial charge on any atom is 0.0586 e. The minimum Gasteiger partial charge on any atom is -0.393 e. The molecule has 1 fully saturated rings. The van der Waals surface area contributed by atoms with E-state index in [0.29, 0.717) is 0 Å². The quantitative estimate of drug-likeness (QED) is 0.500. The molecule has 0 aromatic rings. The lowest BCUT2D eigenvalue weighted by molar-refractivity contribution is -0.0340. The second-order valence-corrected chi connectivity index (χ2v) is 2.36. The molecule has 1 aliphatic heterocycles. The lowest BCUT2D eigenvalue weighted by Crippen LogP contribution is -2.26. The highest BCUT2D eigenvalue weighted by atomic mass is 16.5. The van der Waals surface area contributed by atoms with Crippen LogP contribution in [0.15, 0.2) is 0 Å². The molecule has 1 aliphatic rings. The summed E-state index contributed by atoms with van der Waals surface area (Å²) in [5, 5.41) is 9.00. The van der Waals surface area contributed by atoms with Gasteiger partial charge in [-0.2, -0.15) is 0 Å². The SMILES string of the molecule is C[C@@H]1C[C@H](O)CCO1. The van der Waals surface area contributed by atoms with Crippen molar-refractivity contribution in [2.75, 3.05) is 6.61 Å². The van der Waals surface area contributed by atoms with Gasteiger partial charge in [0.1, 0.15) is 0 Å². The summed E-state index contributed by atoms with van der Waals surface area (Å²) in [5.41, 5.74) is 0. The summed E-state index contributed by atoms with van der Waals surface area (Å²) >= 11 is 0. The molecule has 0 radical (unpaired) electrons. The van der Waals surface area contributed by atoms with Crippen LogP contribution in [0.2, 0.25) is 0 Å². The summed E-state index contributed by atoms with van der Waals surface area (Å²) < 4.78 is 5.19. The van der Waals surface area contributed by atoms with E-state index in [1.807, 2.05) is 6.92 Å². The fourth-order valence-electron chi connectivity index (χ4n) is 0.974. The van der Waals surface area contributed by atoms with Crippen LogP contribution >= 0.6 is 0 Å². The van der Waals surface area contributed by atoms with Crippen LogP contribution < -0.4 is 0 Å². The van der Waals surface area contributed by atoms with Gasteiger partial charge >= 0.3 is 0 Å². The molecule has 0 amide bonds. The fourth-order valence-corrected chi connectivity index (χ4v) is 0.974. The van der Waals surface area contributed by atoms with Crippen LogP contribution in [0.1, 0.15) is 19.8 Å². The van der Waals surface area contributed by atoms with Crippen LogP contribution in [0.5, 0.6) is 0 Å². The summed E-state index contributed by atoms with van der Waals surface area (Å²) in [6, 6.07) is 0.